The lowest BCUT2D eigenvalue weighted by Gasteiger charge is -2.29. The summed E-state index contributed by atoms with van der Waals surface area (Å²) in [6, 6.07) is 14.2. The van der Waals surface area contributed by atoms with E-state index in [1.165, 1.54) is 37.7 Å². The van der Waals surface area contributed by atoms with Gasteiger partial charge in [0.25, 0.3) is 0 Å². The first-order valence-electron chi connectivity index (χ1n) is 12.5. The van der Waals surface area contributed by atoms with Gasteiger partial charge in [-0.15, -0.1) is 0 Å². The van der Waals surface area contributed by atoms with Crippen molar-refractivity contribution in [2.75, 3.05) is 26.9 Å². The van der Waals surface area contributed by atoms with Gasteiger partial charge in [0.1, 0.15) is 11.5 Å². The largest absolute Gasteiger partial charge is 1.00 e. The van der Waals surface area contributed by atoms with E-state index in [0.29, 0.717) is 23.6 Å². The molecule has 2 aromatic carbocycles. The molecule has 0 aromatic heterocycles. The monoisotopic (exact) mass is 597 g/mol. The van der Waals surface area contributed by atoms with Crippen LogP contribution in [0.5, 0.6) is 11.5 Å². The highest BCUT2D eigenvalue weighted by molar-refractivity contribution is 6.30. The summed E-state index contributed by atoms with van der Waals surface area (Å²) < 4.78 is 12.8. The molecule has 0 aliphatic carbocycles. The molecule has 2 aliphatic rings. The summed E-state index contributed by atoms with van der Waals surface area (Å²) in [5.74, 6) is 2.30. The van der Waals surface area contributed by atoms with Crippen LogP contribution in [0.25, 0.3) is 0 Å². The summed E-state index contributed by atoms with van der Waals surface area (Å²) >= 11 is 6.37. The first-order valence-corrected chi connectivity index (χ1v) is 12.9. The van der Waals surface area contributed by atoms with Crippen LogP contribution < -0.4 is 28.7 Å². The molecule has 0 saturated carbocycles. The Kier molecular flexibility index (Phi) is 10.1. The van der Waals surface area contributed by atoms with Crippen molar-refractivity contribution in [2.24, 2.45) is 0 Å². The summed E-state index contributed by atoms with van der Waals surface area (Å²) in [5, 5.41) is 0.726. The Balaban J connectivity index is 0.00000324. The van der Waals surface area contributed by atoms with Crippen molar-refractivity contribution in [3.8, 4) is 11.5 Å². The Labute approximate surface area is 226 Å². The second kappa shape index (κ2) is 12.6. The zero-order valence-corrected chi connectivity index (χ0v) is 23.3. The quantitative estimate of drug-likeness (QED) is 0.176. The van der Waals surface area contributed by atoms with E-state index in [9.17, 15) is 4.79 Å². The lowest BCUT2D eigenvalue weighted by molar-refractivity contribution is -0.915. The number of hydrogen-bond donors (Lipinski definition) is 0. The van der Waals surface area contributed by atoms with Gasteiger partial charge < -0.3 is 33.5 Å². The van der Waals surface area contributed by atoms with Crippen molar-refractivity contribution in [2.45, 2.75) is 70.1 Å². The maximum atomic E-state index is 12.4. The molecule has 186 valence electrons. The molecule has 4 rings (SSSR count). The van der Waals surface area contributed by atoms with Gasteiger partial charge in [-0.25, -0.2) is 0 Å². The number of quaternary nitrogens is 1. The minimum absolute atomic E-state index is 0. The first-order chi connectivity index (χ1) is 16.0. The number of likely N-dealkylation sites (tertiary alicyclic amines) is 1. The summed E-state index contributed by atoms with van der Waals surface area (Å²) in [6.07, 6.45) is 8.94. The average Bonchev–Trinajstić information content (AvgIpc) is 3.10. The Morgan fingerprint density at radius 2 is 1.62 bits per heavy atom. The van der Waals surface area contributed by atoms with Gasteiger partial charge in [-0.2, -0.15) is 0 Å². The van der Waals surface area contributed by atoms with E-state index in [0.717, 1.165) is 48.0 Å². The van der Waals surface area contributed by atoms with Crippen LogP contribution in [0.15, 0.2) is 42.5 Å². The first kappa shape index (κ1) is 27.3. The zero-order valence-electron chi connectivity index (χ0n) is 20.4. The van der Waals surface area contributed by atoms with Crippen molar-refractivity contribution in [1.82, 2.24) is 0 Å². The number of esters is 1. The number of ether oxygens (including phenoxy) is 2. The molecule has 3 atom stereocenters. The van der Waals surface area contributed by atoms with Crippen LogP contribution in [0.3, 0.4) is 0 Å². The van der Waals surface area contributed by atoms with Crippen LogP contribution in [0, 0.1) is 0 Å². The predicted octanol–water partition coefficient (Wildman–Crippen LogP) is 4.42. The lowest BCUT2D eigenvalue weighted by Crippen LogP contribution is -3.00. The van der Waals surface area contributed by atoms with E-state index in [1.54, 1.807) is 0 Å². The number of fused-ring (bicyclic) bond motifs is 5. The van der Waals surface area contributed by atoms with Crippen molar-refractivity contribution in [3.05, 3.63) is 58.6 Å². The number of likely N-dealkylation sites (N-methyl/N-ethyl adjacent to an activating group) is 1. The molecule has 1 saturated heterocycles. The number of unbranched alkanes of at least 4 members (excludes halogenated alkanes) is 6. The van der Waals surface area contributed by atoms with E-state index < -0.39 is 0 Å². The molecule has 34 heavy (non-hydrogen) atoms. The van der Waals surface area contributed by atoms with Gasteiger partial charge in [-0.1, -0.05) is 75.2 Å². The fraction of sp³-hybridized carbons (Fsp3) is 0.536. The second-order valence-corrected chi connectivity index (χ2v) is 10.5. The van der Waals surface area contributed by atoms with Gasteiger partial charge in [0.2, 0.25) is 6.73 Å². The van der Waals surface area contributed by atoms with Crippen LogP contribution in [-0.4, -0.2) is 37.3 Å². The molecule has 2 aliphatic heterocycles. The highest BCUT2D eigenvalue weighted by Crippen LogP contribution is 2.51. The fourth-order valence-corrected chi connectivity index (χ4v) is 5.62. The Hall–Kier alpha value is -1.31. The third kappa shape index (κ3) is 6.67. The number of carbonyl (C=O) groups is 1. The van der Waals surface area contributed by atoms with Gasteiger partial charge in [-0.05, 0) is 30.7 Å². The highest BCUT2D eigenvalue weighted by Gasteiger charge is 2.48. The molecule has 4 nitrogen and oxygen atoms in total. The molecule has 0 radical (unpaired) electrons. The van der Waals surface area contributed by atoms with Gasteiger partial charge in [0, 0.05) is 34.4 Å². The molecule has 2 heterocycles. The molecule has 1 fully saturated rings. The molecule has 3 unspecified atom stereocenters. The summed E-state index contributed by atoms with van der Waals surface area (Å²) in [5.41, 5.74) is 2.38. The maximum absolute atomic E-state index is 12.4. The number of hydrogen-bond acceptors (Lipinski definition) is 3. The Bertz CT molecular complexity index is 968. The van der Waals surface area contributed by atoms with E-state index in [2.05, 4.69) is 26.1 Å². The molecule has 0 spiro atoms. The van der Waals surface area contributed by atoms with Gasteiger partial charge in [0.15, 0.2) is 0 Å². The molecule has 2 aromatic rings. The number of rotatable bonds is 10. The number of carbonyl (C=O) groups excluding carboxylic acids is 1. The third-order valence-electron chi connectivity index (χ3n) is 7.19. The van der Waals surface area contributed by atoms with Crippen LogP contribution in [0.1, 0.15) is 81.3 Å². The number of nitrogens with zero attached hydrogens (tertiary/aromatic N) is 1. The van der Waals surface area contributed by atoms with Crippen molar-refractivity contribution in [3.63, 3.8) is 0 Å². The van der Waals surface area contributed by atoms with Gasteiger partial charge in [-0.3, -0.25) is 9.28 Å². The Morgan fingerprint density at radius 1 is 0.971 bits per heavy atom. The van der Waals surface area contributed by atoms with E-state index >= 15 is 0 Å². The number of para-hydroxylation sites is 1. The predicted molar refractivity (Wildman–Crippen MR) is 133 cm³/mol. The maximum Gasteiger partial charge on any atom is 0.310 e. The zero-order chi connectivity index (χ0) is 23.3. The van der Waals surface area contributed by atoms with Crippen LogP contribution in [0.4, 0.5) is 0 Å². The SMILES string of the molecule is CCCCCCCCCC(=O)OC[N+]1(C)CC2c3ccccc3Oc3ccc(Cl)cc3C2C1.[I-]. The topological polar surface area (TPSA) is 35.5 Å². The lowest BCUT2D eigenvalue weighted by atomic mass is 9.84. The summed E-state index contributed by atoms with van der Waals surface area (Å²) in [6.45, 7) is 4.44. The normalized spacial score (nSPS) is 22.4. The number of benzene rings is 2. The molecule has 0 N–H and O–H groups in total. The minimum atomic E-state index is -0.0674. The van der Waals surface area contributed by atoms with E-state index in [4.69, 9.17) is 21.1 Å². The molecule has 0 bridgehead atoms. The third-order valence-corrected chi connectivity index (χ3v) is 7.43. The van der Waals surface area contributed by atoms with Crippen molar-refractivity contribution < 1.29 is 42.7 Å². The summed E-state index contributed by atoms with van der Waals surface area (Å²) in [4.78, 5) is 12.4. The smallest absolute Gasteiger partial charge is 0.310 e. The second-order valence-electron chi connectivity index (χ2n) is 10.0. The standard InChI is InChI=1S/C28H37ClNO3.HI/c1-3-4-5-6-7-8-9-14-28(31)32-20-30(2)18-24-22-12-10-11-13-26(22)33-27-16-15-21(29)17-23(27)25(24)19-30;/h10-13,15-17,24-25H,3-9,14,18-20H2,1-2H3;1H/q+1;/p-1. The number of halogens is 2. The molecule has 6 heteroatoms. The minimum Gasteiger partial charge on any atom is -1.00 e. The van der Waals surface area contributed by atoms with Crippen LogP contribution in [0.2, 0.25) is 5.02 Å². The van der Waals surface area contributed by atoms with Crippen LogP contribution in [-0.2, 0) is 9.53 Å². The Morgan fingerprint density at radius 3 is 2.38 bits per heavy atom. The molecular weight excluding hydrogens is 561 g/mol. The van der Waals surface area contributed by atoms with Gasteiger partial charge in [0.05, 0.1) is 20.1 Å². The molecule has 0 amide bonds. The average molecular weight is 598 g/mol. The summed E-state index contributed by atoms with van der Waals surface area (Å²) in [7, 11) is 2.20. The van der Waals surface area contributed by atoms with E-state index in [-0.39, 0.29) is 35.9 Å². The highest BCUT2D eigenvalue weighted by atomic mass is 127. The van der Waals surface area contributed by atoms with Gasteiger partial charge >= 0.3 is 5.97 Å². The van der Waals surface area contributed by atoms with E-state index in [1.807, 2.05) is 30.3 Å². The molecular formula is C28H37ClINO3. The fourth-order valence-electron chi connectivity index (χ4n) is 5.44. The van der Waals surface area contributed by atoms with Crippen molar-refractivity contribution in [1.29, 1.82) is 0 Å². The van der Waals surface area contributed by atoms with Crippen molar-refractivity contribution >= 4 is 17.6 Å². The van der Waals surface area contributed by atoms with Crippen LogP contribution >= 0.6 is 11.6 Å².